The smallest absolute Gasteiger partial charge is 0.0714 e. The summed E-state index contributed by atoms with van der Waals surface area (Å²) < 4.78 is 2.42. The molecular formula is C61H42N2. The largest absolute Gasteiger partial charge is 0.310 e. The average molecular weight is 803 g/mol. The van der Waals surface area contributed by atoms with Gasteiger partial charge in [0.05, 0.1) is 22.1 Å². The second kappa shape index (κ2) is 15.1. The predicted octanol–water partition coefficient (Wildman–Crippen LogP) is 16.0. The molecule has 10 aromatic carbocycles. The fourth-order valence-electron chi connectivity index (χ4n) is 10.4. The summed E-state index contributed by atoms with van der Waals surface area (Å²) in [5.74, 6) is 0. The van der Waals surface area contributed by atoms with Gasteiger partial charge in [-0.15, -0.1) is 0 Å². The van der Waals surface area contributed by atoms with Crippen LogP contribution in [0.3, 0.4) is 0 Å². The van der Waals surface area contributed by atoms with Crippen LogP contribution < -0.4 is 4.90 Å². The van der Waals surface area contributed by atoms with Crippen molar-refractivity contribution in [3.8, 4) is 39.1 Å². The normalized spacial score (nSPS) is 12.6. The van der Waals surface area contributed by atoms with Gasteiger partial charge in [-0.2, -0.15) is 0 Å². The number of benzene rings is 10. The van der Waals surface area contributed by atoms with E-state index in [2.05, 4.69) is 264 Å². The summed E-state index contributed by atoms with van der Waals surface area (Å²) in [5.41, 5.74) is 18.5. The Bertz CT molecular complexity index is 3390. The molecule has 11 aromatic rings. The van der Waals surface area contributed by atoms with Crippen molar-refractivity contribution in [1.29, 1.82) is 0 Å². The Kier molecular flexibility index (Phi) is 8.76. The van der Waals surface area contributed by atoms with Gasteiger partial charge in [0.1, 0.15) is 0 Å². The fraction of sp³-hybridized carbons (Fsp3) is 0.0164. The highest BCUT2D eigenvalue weighted by Gasteiger charge is 2.46. The van der Waals surface area contributed by atoms with Crippen molar-refractivity contribution in [3.05, 3.63) is 277 Å². The van der Waals surface area contributed by atoms with Crippen molar-refractivity contribution in [2.24, 2.45) is 0 Å². The maximum Gasteiger partial charge on any atom is 0.0714 e. The van der Waals surface area contributed by atoms with Crippen molar-refractivity contribution < 1.29 is 0 Å². The van der Waals surface area contributed by atoms with E-state index in [1.54, 1.807) is 0 Å². The zero-order valence-electron chi connectivity index (χ0n) is 34.6. The van der Waals surface area contributed by atoms with E-state index >= 15 is 0 Å². The number of rotatable bonds is 8. The first-order valence-electron chi connectivity index (χ1n) is 21.8. The maximum atomic E-state index is 2.47. The van der Waals surface area contributed by atoms with Gasteiger partial charge in [-0.25, -0.2) is 0 Å². The Morgan fingerprint density at radius 1 is 0.333 bits per heavy atom. The molecule has 0 saturated heterocycles. The lowest BCUT2D eigenvalue weighted by atomic mass is 9.67. The SMILES string of the molecule is c1ccc(-c2cccc(N(c3ccccc3)c3ccc4c(c3)C(c3ccccc3)(c3ccccc3)c3ccccc3-4)c2-c2ccc3c4ccccc4n(-c4ccccc4)c3c2)cc1. The van der Waals surface area contributed by atoms with Gasteiger partial charge in [-0.1, -0.05) is 200 Å². The molecule has 2 nitrogen and oxygen atoms in total. The Morgan fingerprint density at radius 3 is 1.63 bits per heavy atom. The van der Waals surface area contributed by atoms with Crippen LogP contribution in [0.1, 0.15) is 22.3 Å². The van der Waals surface area contributed by atoms with Crippen molar-refractivity contribution >= 4 is 38.9 Å². The monoisotopic (exact) mass is 802 g/mol. The fourth-order valence-corrected chi connectivity index (χ4v) is 10.4. The second-order valence-electron chi connectivity index (χ2n) is 16.4. The third-order valence-corrected chi connectivity index (χ3v) is 13.1. The van der Waals surface area contributed by atoms with Gasteiger partial charge < -0.3 is 9.47 Å². The van der Waals surface area contributed by atoms with Crippen LogP contribution in [-0.4, -0.2) is 4.57 Å². The number of anilines is 3. The molecule has 0 bridgehead atoms. The Balaban J connectivity index is 1.15. The molecule has 0 N–H and O–H groups in total. The van der Waals surface area contributed by atoms with Crippen LogP contribution in [0.25, 0.3) is 60.9 Å². The van der Waals surface area contributed by atoms with Crippen molar-refractivity contribution in [3.63, 3.8) is 0 Å². The Hall–Kier alpha value is -8.20. The molecule has 0 radical (unpaired) electrons. The summed E-state index contributed by atoms with van der Waals surface area (Å²) in [7, 11) is 0. The molecule has 0 spiro atoms. The molecule has 1 aliphatic rings. The van der Waals surface area contributed by atoms with E-state index in [0.29, 0.717) is 0 Å². The van der Waals surface area contributed by atoms with Crippen LogP contribution in [0.15, 0.2) is 255 Å². The minimum Gasteiger partial charge on any atom is -0.310 e. The number of para-hydroxylation sites is 3. The summed E-state index contributed by atoms with van der Waals surface area (Å²) in [6, 6.07) is 93.4. The van der Waals surface area contributed by atoms with Crippen LogP contribution in [0, 0.1) is 0 Å². The Morgan fingerprint density at radius 2 is 0.905 bits per heavy atom. The molecular weight excluding hydrogens is 761 g/mol. The van der Waals surface area contributed by atoms with Gasteiger partial charge in [0, 0.05) is 33.4 Å². The molecule has 0 fully saturated rings. The first kappa shape index (κ1) is 36.6. The van der Waals surface area contributed by atoms with E-state index in [9.17, 15) is 0 Å². The topological polar surface area (TPSA) is 8.17 Å². The molecule has 0 saturated carbocycles. The van der Waals surface area contributed by atoms with Gasteiger partial charge in [0.2, 0.25) is 0 Å². The quantitative estimate of drug-likeness (QED) is 0.149. The van der Waals surface area contributed by atoms with Gasteiger partial charge in [-0.05, 0) is 105 Å². The number of fused-ring (bicyclic) bond motifs is 6. The number of hydrogen-bond acceptors (Lipinski definition) is 1. The van der Waals surface area contributed by atoms with E-state index in [4.69, 9.17) is 0 Å². The summed E-state index contributed by atoms with van der Waals surface area (Å²) >= 11 is 0. The second-order valence-corrected chi connectivity index (χ2v) is 16.4. The first-order chi connectivity index (χ1) is 31.3. The Labute approximate surface area is 368 Å². The van der Waals surface area contributed by atoms with E-state index in [-0.39, 0.29) is 0 Å². The summed E-state index contributed by atoms with van der Waals surface area (Å²) in [5, 5.41) is 2.47. The molecule has 12 rings (SSSR count). The molecule has 63 heavy (non-hydrogen) atoms. The van der Waals surface area contributed by atoms with E-state index in [1.165, 1.54) is 71.9 Å². The summed E-state index contributed by atoms with van der Waals surface area (Å²) in [4.78, 5) is 2.47. The average Bonchev–Trinajstić information content (AvgIpc) is 3.85. The molecule has 1 aliphatic carbocycles. The lowest BCUT2D eigenvalue weighted by molar-refractivity contribution is 0.768. The third kappa shape index (κ3) is 5.80. The molecule has 1 aromatic heterocycles. The van der Waals surface area contributed by atoms with E-state index in [1.807, 2.05) is 0 Å². The summed E-state index contributed by atoms with van der Waals surface area (Å²) in [6.07, 6.45) is 0. The highest BCUT2D eigenvalue weighted by Crippen LogP contribution is 2.57. The minimum absolute atomic E-state index is 0.530. The highest BCUT2D eigenvalue weighted by atomic mass is 15.1. The molecule has 0 amide bonds. The van der Waals surface area contributed by atoms with Crippen molar-refractivity contribution in [2.75, 3.05) is 4.90 Å². The molecule has 1 heterocycles. The number of nitrogens with zero attached hydrogens (tertiary/aromatic N) is 2. The predicted molar refractivity (Wildman–Crippen MR) is 264 cm³/mol. The molecule has 296 valence electrons. The lowest BCUT2D eigenvalue weighted by Gasteiger charge is -2.35. The standard InChI is InChI=1S/C61H42N2/c1-6-21-43(22-7-1)50-33-20-36-58(60(50)44-37-39-54-53-32-17-19-35-57(53)63(59(54)41-44)48-29-14-5-15-30-48)62(47-27-12-4-13-28-47)49-38-40-52-51-31-16-18-34-55(51)61(56(52)42-49,45-23-8-2-9-24-45)46-25-10-3-11-26-46/h1-42H. The molecule has 0 unspecified atom stereocenters. The van der Waals surface area contributed by atoms with Crippen LogP contribution in [-0.2, 0) is 5.41 Å². The maximum absolute atomic E-state index is 2.47. The van der Waals surface area contributed by atoms with Crippen LogP contribution in [0.2, 0.25) is 0 Å². The van der Waals surface area contributed by atoms with Crippen LogP contribution in [0.4, 0.5) is 17.1 Å². The van der Waals surface area contributed by atoms with Crippen molar-refractivity contribution in [1.82, 2.24) is 4.57 Å². The third-order valence-electron chi connectivity index (χ3n) is 13.1. The van der Waals surface area contributed by atoms with E-state index in [0.717, 1.165) is 28.3 Å². The van der Waals surface area contributed by atoms with Crippen molar-refractivity contribution in [2.45, 2.75) is 5.41 Å². The number of aromatic nitrogens is 1. The van der Waals surface area contributed by atoms with Gasteiger partial charge >= 0.3 is 0 Å². The lowest BCUT2D eigenvalue weighted by Crippen LogP contribution is -2.28. The van der Waals surface area contributed by atoms with Gasteiger partial charge in [-0.3, -0.25) is 0 Å². The van der Waals surface area contributed by atoms with Crippen LogP contribution in [0.5, 0.6) is 0 Å². The minimum atomic E-state index is -0.530. The zero-order chi connectivity index (χ0) is 41.7. The zero-order valence-corrected chi connectivity index (χ0v) is 34.6. The van der Waals surface area contributed by atoms with Gasteiger partial charge in [0.25, 0.3) is 0 Å². The molecule has 0 atom stereocenters. The number of hydrogen-bond donors (Lipinski definition) is 0. The summed E-state index contributed by atoms with van der Waals surface area (Å²) in [6.45, 7) is 0. The molecule has 0 aliphatic heterocycles. The highest BCUT2D eigenvalue weighted by molar-refractivity contribution is 6.11. The van der Waals surface area contributed by atoms with Crippen LogP contribution >= 0.6 is 0 Å². The molecule has 2 heteroatoms. The van der Waals surface area contributed by atoms with Gasteiger partial charge in [0.15, 0.2) is 0 Å². The van der Waals surface area contributed by atoms with E-state index < -0.39 is 5.41 Å². The first-order valence-corrected chi connectivity index (χ1v) is 21.8.